The van der Waals surface area contributed by atoms with E-state index in [4.69, 9.17) is 4.42 Å². The van der Waals surface area contributed by atoms with Gasteiger partial charge in [0.05, 0.1) is 13.5 Å². The highest BCUT2D eigenvalue weighted by Crippen LogP contribution is 2.07. The van der Waals surface area contributed by atoms with Crippen molar-refractivity contribution in [3.05, 3.63) is 29.7 Å². The maximum Gasteiger partial charge on any atom is 0.307 e. The summed E-state index contributed by atoms with van der Waals surface area (Å²) in [5.41, 5.74) is 0. The van der Waals surface area contributed by atoms with Crippen LogP contribution in [-0.4, -0.2) is 25.5 Å². The Bertz CT molecular complexity index is 420. The minimum atomic E-state index is -0.351. The quantitative estimate of drug-likeness (QED) is 0.618. The highest BCUT2D eigenvalue weighted by Gasteiger charge is 2.01. The van der Waals surface area contributed by atoms with E-state index in [2.05, 4.69) is 10.1 Å². The van der Waals surface area contributed by atoms with Gasteiger partial charge in [-0.2, -0.15) is 0 Å². The van der Waals surface area contributed by atoms with Gasteiger partial charge in [-0.05, 0) is 25.1 Å². The van der Waals surface area contributed by atoms with Gasteiger partial charge in [0, 0.05) is 12.6 Å². The van der Waals surface area contributed by atoms with Crippen LogP contribution in [-0.2, 0) is 14.3 Å². The van der Waals surface area contributed by atoms with Gasteiger partial charge in [0.1, 0.15) is 11.5 Å². The summed E-state index contributed by atoms with van der Waals surface area (Å²) >= 11 is 0. The maximum absolute atomic E-state index is 11.3. The van der Waals surface area contributed by atoms with Crippen LogP contribution in [0.2, 0.25) is 0 Å². The van der Waals surface area contributed by atoms with E-state index in [0.717, 1.165) is 5.76 Å². The highest BCUT2D eigenvalue weighted by atomic mass is 16.5. The number of ether oxygens (including phenoxy) is 1. The normalized spacial score (nSPS) is 10.5. The van der Waals surface area contributed by atoms with Crippen LogP contribution in [0.15, 0.2) is 22.6 Å². The third-order valence-corrected chi connectivity index (χ3v) is 2.02. The van der Waals surface area contributed by atoms with Gasteiger partial charge < -0.3 is 14.5 Å². The molecule has 1 N–H and O–H groups in total. The summed E-state index contributed by atoms with van der Waals surface area (Å²) in [5.74, 6) is 0.778. The number of furan rings is 1. The molecule has 5 nitrogen and oxygen atoms in total. The van der Waals surface area contributed by atoms with Crippen molar-refractivity contribution in [2.24, 2.45) is 0 Å². The minimum Gasteiger partial charge on any atom is -0.469 e. The van der Waals surface area contributed by atoms with E-state index in [1.54, 1.807) is 12.1 Å². The number of rotatable bonds is 5. The van der Waals surface area contributed by atoms with E-state index in [0.29, 0.717) is 5.76 Å². The predicted octanol–water partition coefficient (Wildman–Crippen LogP) is 1.28. The highest BCUT2D eigenvalue weighted by molar-refractivity contribution is 5.91. The summed E-state index contributed by atoms with van der Waals surface area (Å²) in [4.78, 5) is 22.1. The molecule has 0 radical (unpaired) electrons. The van der Waals surface area contributed by atoms with Gasteiger partial charge in [-0.3, -0.25) is 9.59 Å². The van der Waals surface area contributed by atoms with Crippen LogP contribution in [0.5, 0.6) is 0 Å². The summed E-state index contributed by atoms with van der Waals surface area (Å²) in [5, 5.41) is 2.56. The lowest BCUT2D eigenvalue weighted by molar-refractivity contribution is -0.140. The molecule has 17 heavy (non-hydrogen) atoms. The van der Waals surface area contributed by atoms with Gasteiger partial charge in [-0.25, -0.2) is 0 Å². The number of aryl methyl sites for hydroxylation is 1. The van der Waals surface area contributed by atoms with Crippen molar-refractivity contribution < 1.29 is 18.7 Å². The first kappa shape index (κ1) is 13.0. The number of nitrogens with one attached hydrogen (secondary N) is 1. The fraction of sp³-hybridized carbons (Fsp3) is 0.333. The fourth-order valence-electron chi connectivity index (χ4n) is 1.15. The van der Waals surface area contributed by atoms with Crippen LogP contribution < -0.4 is 5.32 Å². The first-order valence-corrected chi connectivity index (χ1v) is 5.21. The summed E-state index contributed by atoms with van der Waals surface area (Å²) in [6.07, 6.45) is 3.09. The summed E-state index contributed by atoms with van der Waals surface area (Å²) < 4.78 is 9.69. The number of methoxy groups -OCH3 is 1. The van der Waals surface area contributed by atoms with Crippen LogP contribution in [0.1, 0.15) is 17.9 Å². The number of hydrogen-bond donors (Lipinski definition) is 1. The Morgan fingerprint density at radius 1 is 1.47 bits per heavy atom. The molecule has 0 unspecified atom stereocenters. The molecule has 0 saturated heterocycles. The van der Waals surface area contributed by atoms with E-state index in [1.807, 2.05) is 13.0 Å². The fourth-order valence-corrected chi connectivity index (χ4v) is 1.15. The Morgan fingerprint density at radius 2 is 2.24 bits per heavy atom. The molecule has 0 aromatic carbocycles. The molecule has 0 aliphatic carbocycles. The van der Waals surface area contributed by atoms with Gasteiger partial charge in [-0.15, -0.1) is 0 Å². The summed E-state index contributed by atoms with van der Waals surface area (Å²) in [7, 11) is 1.31. The SMILES string of the molecule is COC(=O)CCNC(=O)C=Cc1ccc(C)o1. The van der Waals surface area contributed by atoms with Crippen molar-refractivity contribution in [1.29, 1.82) is 0 Å². The lowest BCUT2D eigenvalue weighted by atomic mass is 10.3. The zero-order valence-electron chi connectivity index (χ0n) is 9.86. The first-order chi connectivity index (χ1) is 8.11. The average Bonchev–Trinajstić information content (AvgIpc) is 2.72. The van der Waals surface area contributed by atoms with Crippen molar-refractivity contribution in [2.75, 3.05) is 13.7 Å². The number of amides is 1. The lowest BCUT2D eigenvalue weighted by Crippen LogP contribution is -2.24. The molecule has 1 aromatic rings. The number of esters is 1. The van der Waals surface area contributed by atoms with Gasteiger partial charge in [-0.1, -0.05) is 0 Å². The first-order valence-electron chi connectivity index (χ1n) is 5.21. The Labute approximate surface area is 99.4 Å². The van der Waals surface area contributed by atoms with E-state index in [1.165, 1.54) is 13.2 Å². The molecule has 1 aromatic heterocycles. The molecule has 0 aliphatic heterocycles. The Kier molecular flexibility index (Phi) is 5.00. The van der Waals surface area contributed by atoms with Crippen LogP contribution in [0, 0.1) is 6.92 Å². The molecule has 0 aliphatic rings. The smallest absolute Gasteiger partial charge is 0.307 e. The lowest BCUT2D eigenvalue weighted by Gasteiger charge is -2.00. The molecule has 0 saturated carbocycles. The molecule has 1 heterocycles. The second kappa shape index (κ2) is 6.52. The van der Waals surface area contributed by atoms with Crippen LogP contribution in [0.4, 0.5) is 0 Å². The molecule has 0 atom stereocenters. The Hall–Kier alpha value is -2.04. The topological polar surface area (TPSA) is 68.5 Å². The maximum atomic E-state index is 11.3. The molecule has 0 fully saturated rings. The summed E-state index contributed by atoms with van der Waals surface area (Å²) in [6, 6.07) is 3.59. The van der Waals surface area contributed by atoms with E-state index in [9.17, 15) is 9.59 Å². The van der Waals surface area contributed by atoms with Crippen LogP contribution in [0.25, 0.3) is 6.08 Å². The van der Waals surface area contributed by atoms with Crippen molar-refractivity contribution in [3.8, 4) is 0 Å². The molecular formula is C12H15NO4. The number of carbonyl (C=O) groups is 2. The molecule has 1 amide bonds. The Balaban J connectivity index is 2.30. The van der Waals surface area contributed by atoms with Gasteiger partial charge in [0.2, 0.25) is 5.91 Å². The van der Waals surface area contributed by atoms with E-state index < -0.39 is 0 Å². The van der Waals surface area contributed by atoms with Crippen molar-refractivity contribution >= 4 is 18.0 Å². The number of carbonyl (C=O) groups excluding carboxylic acids is 2. The molecule has 0 spiro atoms. The largest absolute Gasteiger partial charge is 0.469 e. The standard InChI is InChI=1S/C12H15NO4/c1-9-3-4-10(17-9)5-6-11(14)13-8-7-12(15)16-2/h3-6H,7-8H2,1-2H3,(H,13,14). The zero-order chi connectivity index (χ0) is 12.7. The van der Waals surface area contributed by atoms with Crippen LogP contribution in [0.3, 0.4) is 0 Å². The Morgan fingerprint density at radius 3 is 2.82 bits per heavy atom. The average molecular weight is 237 g/mol. The molecule has 5 heteroatoms. The van der Waals surface area contributed by atoms with Crippen LogP contribution >= 0.6 is 0 Å². The molecule has 92 valence electrons. The van der Waals surface area contributed by atoms with Crippen molar-refractivity contribution in [2.45, 2.75) is 13.3 Å². The molecule has 1 rings (SSSR count). The second-order valence-corrected chi connectivity index (χ2v) is 3.40. The van der Waals surface area contributed by atoms with E-state index >= 15 is 0 Å². The monoisotopic (exact) mass is 237 g/mol. The van der Waals surface area contributed by atoms with E-state index in [-0.39, 0.29) is 24.8 Å². The molecule has 0 bridgehead atoms. The third-order valence-electron chi connectivity index (χ3n) is 2.02. The third kappa shape index (κ3) is 5.01. The molecular weight excluding hydrogens is 222 g/mol. The predicted molar refractivity (Wildman–Crippen MR) is 62.1 cm³/mol. The van der Waals surface area contributed by atoms with Gasteiger partial charge >= 0.3 is 5.97 Å². The minimum absolute atomic E-state index is 0.163. The zero-order valence-corrected chi connectivity index (χ0v) is 9.86. The van der Waals surface area contributed by atoms with Crippen molar-refractivity contribution in [1.82, 2.24) is 5.32 Å². The second-order valence-electron chi connectivity index (χ2n) is 3.40. The number of hydrogen-bond acceptors (Lipinski definition) is 4. The van der Waals surface area contributed by atoms with Gasteiger partial charge in [0.15, 0.2) is 0 Å². The summed E-state index contributed by atoms with van der Waals surface area (Å²) in [6.45, 7) is 2.08. The van der Waals surface area contributed by atoms with Crippen molar-refractivity contribution in [3.63, 3.8) is 0 Å². The van der Waals surface area contributed by atoms with Gasteiger partial charge in [0.25, 0.3) is 0 Å².